The average molecular weight is 291 g/mol. The lowest BCUT2D eigenvalue weighted by atomic mass is 10.2. The van der Waals surface area contributed by atoms with Crippen LogP contribution >= 0.6 is 11.8 Å². The van der Waals surface area contributed by atoms with Crippen molar-refractivity contribution in [1.29, 1.82) is 0 Å². The molecule has 0 saturated carbocycles. The Morgan fingerprint density at radius 3 is 2.40 bits per heavy atom. The maximum absolute atomic E-state index is 11.8. The van der Waals surface area contributed by atoms with E-state index in [1.165, 1.54) is 11.8 Å². The third kappa shape index (κ3) is 4.13. The van der Waals surface area contributed by atoms with Crippen LogP contribution in [0.3, 0.4) is 0 Å². The Kier molecular flexibility index (Phi) is 4.41. The summed E-state index contributed by atoms with van der Waals surface area (Å²) in [7, 11) is 0. The van der Waals surface area contributed by atoms with Crippen molar-refractivity contribution in [3.05, 3.63) is 35.9 Å². The van der Waals surface area contributed by atoms with E-state index in [1.807, 2.05) is 31.2 Å². The zero-order chi connectivity index (χ0) is 14.5. The van der Waals surface area contributed by atoms with Crippen molar-refractivity contribution in [2.45, 2.75) is 12.1 Å². The fourth-order valence-corrected chi connectivity index (χ4v) is 2.30. The van der Waals surface area contributed by atoms with Crippen LogP contribution in [-0.2, 0) is 4.79 Å². The molecule has 7 heteroatoms. The highest BCUT2D eigenvalue weighted by molar-refractivity contribution is 7.99. The molecule has 0 radical (unpaired) electrons. The van der Waals surface area contributed by atoms with Crippen LogP contribution in [0, 0.1) is 6.92 Å². The summed E-state index contributed by atoms with van der Waals surface area (Å²) >= 11 is 1.30. The lowest BCUT2D eigenvalue weighted by Gasteiger charge is -2.03. The molecule has 1 amide bonds. The van der Waals surface area contributed by atoms with Crippen molar-refractivity contribution in [2.24, 2.45) is 0 Å². The summed E-state index contributed by atoms with van der Waals surface area (Å²) in [4.78, 5) is 17.6. The molecule has 0 saturated heterocycles. The van der Waals surface area contributed by atoms with Crippen LogP contribution in [0.15, 0.2) is 35.5 Å². The topological polar surface area (TPSA) is 109 Å². The Hall–Kier alpha value is -2.28. The molecule has 20 heavy (non-hydrogen) atoms. The summed E-state index contributed by atoms with van der Waals surface area (Å²) in [5.41, 5.74) is 13.2. The fourth-order valence-electron chi connectivity index (χ4n) is 1.58. The molecule has 0 aliphatic rings. The molecule has 2 rings (SSSR count). The number of thioether (sulfide) groups is 1. The summed E-state index contributed by atoms with van der Waals surface area (Å²) in [6.07, 6.45) is 0. The monoisotopic (exact) mass is 291 g/mol. The highest BCUT2D eigenvalue weighted by Gasteiger charge is 2.13. The third-order valence-corrected chi connectivity index (χ3v) is 3.41. The summed E-state index contributed by atoms with van der Waals surface area (Å²) < 4.78 is 0. The number of hydrogen-bond acceptors (Lipinski definition) is 4. The Labute approximate surface area is 121 Å². The van der Waals surface area contributed by atoms with Gasteiger partial charge in [0.25, 0.3) is 0 Å². The van der Waals surface area contributed by atoms with Crippen molar-refractivity contribution in [2.75, 3.05) is 22.5 Å². The molecule has 1 aromatic carbocycles. The van der Waals surface area contributed by atoms with E-state index in [4.69, 9.17) is 11.5 Å². The molecular weight excluding hydrogens is 274 g/mol. The molecule has 6 nitrogen and oxygen atoms in total. The smallest absolute Gasteiger partial charge is 0.359 e. The highest BCUT2D eigenvalue weighted by Crippen LogP contribution is 2.12. The van der Waals surface area contributed by atoms with Gasteiger partial charge in [-0.1, -0.05) is 17.7 Å². The van der Waals surface area contributed by atoms with Crippen LogP contribution in [0.5, 0.6) is 0 Å². The molecule has 0 aliphatic heterocycles. The Bertz CT molecular complexity index is 594. The molecule has 0 bridgehead atoms. The van der Waals surface area contributed by atoms with E-state index in [9.17, 15) is 4.79 Å². The number of benzene rings is 1. The van der Waals surface area contributed by atoms with Crippen molar-refractivity contribution in [3.63, 3.8) is 0 Å². The first-order chi connectivity index (χ1) is 9.52. The zero-order valence-corrected chi connectivity index (χ0v) is 11.9. The lowest BCUT2D eigenvalue weighted by molar-refractivity contribution is -0.590. The third-order valence-electron chi connectivity index (χ3n) is 2.51. The summed E-state index contributed by atoms with van der Waals surface area (Å²) in [5.74, 6) is 1.05. The first kappa shape index (κ1) is 14.1. The second-order valence-corrected chi connectivity index (χ2v) is 5.32. The van der Waals surface area contributed by atoms with Gasteiger partial charge in [0, 0.05) is 5.69 Å². The number of anilines is 3. The molecule has 1 heterocycles. The van der Waals surface area contributed by atoms with Gasteiger partial charge >= 0.3 is 11.0 Å². The van der Waals surface area contributed by atoms with Crippen molar-refractivity contribution >= 4 is 35.0 Å². The van der Waals surface area contributed by atoms with E-state index in [1.54, 1.807) is 6.07 Å². The lowest BCUT2D eigenvalue weighted by Crippen LogP contribution is -2.28. The van der Waals surface area contributed by atoms with Gasteiger partial charge in [0.05, 0.1) is 5.75 Å². The molecule has 0 fully saturated rings. The SMILES string of the molecule is Cc1ccc(NC(=O)CSc2[nH+]c(N)cc(N)[nH+]2)cc1. The number of aryl methyl sites for hydroxylation is 1. The number of aromatic amines is 2. The summed E-state index contributed by atoms with van der Waals surface area (Å²) in [5, 5.41) is 3.46. The number of nitrogens with two attached hydrogens (primary N) is 2. The molecule has 0 spiro atoms. The summed E-state index contributed by atoms with van der Waals surface area (Å²) in [6.45, 7) is 2.00. The Morgan fingerprint density at radius 2 is 1.80 bits per heavy atom. The van der Waals surface area contributed by atoms with Crippen LogP contribution in [0.4, 0.5) is 17.3 Å². The van der Waals surface area contributed by atoms with Gasteiger partial charge in [-0.25, -0.2) is 0 Å². The zero-order valence-electron chi connectivity index (χ0n) is 11.1. The van der Waals surface area contributed by atoms with E-state index < -0.39 is 0 Å². The number of carbonyl (C=O) groups is 1. The number of nitrogen functional groups attached to an aromatic ring is 2. The van der Waals surface area contributed by atoms with Crippen molar-refractivity contribution in [1.82, 2.24) is 0 Å². The number of carbonyl (C=O) groups excluding carboxylic acids is 1. The van der Waals surface area contributed by atoms with E-state index in [0.717, 1.165) is 11.3 Å². The van der Waals surface area contributed by atoms with Gasteiger partial charge < -0.3 is 11.1 Å². The first-order valence-corrected chi connectivity index (χ1v) is 7.01. The molecule has 7 N–H and O–H groups in total. The van der Waals surface area contributed by atoms with Crippen LogP contribution in [-0.4, -0.2) is 11.7 Å². The van der Waals surface area contributed by atoms with Crippen LogP contribution in [0.1, 0.15) is 5.56 Å². The van der Waals surface area contributed by atoms with E-state index >= 15 is 0 Å². The number of hydrogen-bond donors (Lipinski definition) is 3. The minimum atomic E-state index is -0.0957. The second-order valence-electron chi connectivity index (χ2n) is 4.34. The average Bonchev–Trinajstić information content (AvgIpc) is 2.38. The minimum absolute atomic E-state index is 0.0957. The largest absolute Gasteiger partial charge is 0.375 e. The molecular formula is C13H17N5OS+2. The van der Waals surface area contributed by atoms with E-state index in [0.29, 0.717) is 16.8 Å². The van der Waals surface area contributed by atoms with Crippen molar-refractivity contribution < 1.29 is 14.8 Å². The predicted octanol–water partition coefficient (Wildman–Crippen LogP) is 0.518. The van der Waals surface area contributed by atoms with Gasteiger partial charge in [-0.3, -0.25) is 10.5 Å². The maximum atomic E-state index is 11.8. The molecule has 2 aromatic rings. The molecule has 0 aliphatic carbocycles. The normalized spacial score (nSPS) is 10.2. The number of H-pyrrole nitrogens is 2. The maximum Gasteiger partial charge on any atom is 0.375 e. The number of aromatic nitrogens is 2. The minimum Gasteiger partial charge on any atom is -0.359 e. The molecule has 104 valence electrons. The van der Waals surface area contributed by atoms with Crippen LogP contribution in [0.25, 0.3) is 0 Å². The number of amides is 1. The van der Waals surface area contributed by atoms with Crippen LogP contribution in [0.2, 0.25) is 0 Å². The van der Waals surface area contributed by atoms with Gasteiger partial charge in [-0.15, -0.1) is 0 Å². The van der Waals surface area contributed by atoms with Gasteiger partial charge in [0.1, 0.15) is 6.07 Å². The second kappa shape index (κ2) is 6.25. The molecule has 0 atom stereocenters. The van der Waals surface area contributed by atoms with Gasteiger partial charge in [-0.2, -0.15) is 9.97 Å². The van der Waals surface area contributed by atoms with E-state index in [2.05, 4.69) is 15.3 Å². The number of rotatable bonds is 4. The van der Waals surface area contributed by atoms with Crippen LogP contribution < -0.4 is 26.8 Å². The van der Waals surface area contributed by atoms with Gasteiger partial charge in [0.15, 0.2) is 0 Å². The predicted molar refractivity (Wildman–Crippen MR) is 78.9 cm³/mol. The van der Waals surface area contributed by atoms with Gasteiger partial charge in [-0.05, 0) is 30.8 Å². The molecule has 0 unspecified atom stereocenters. The van der Waals surface area contributed by atoms with E-state index in [-0.39, 0.29) is 11.7 Å². The molecule has 1 aromatic heterocycles. The van der Waals surface area contributed by atoms with Crippen molar-refractivity contribution in [3.8, 4) is 0 Å². The fraction of sp³-hybridized carbons (Fsp3) is 0.154. The standard InChI is InChI=1S/C13H15N5OS/c1-8-2-4-9(5-3-8)16-12(19)7-20-13-17-10(14)6-11(15)18-13/h2-6H,7H2,1H3,(H,16,19)(H4,14,15,17,18)/p+2. The number of nitrogens with one attached hydrogen (secondary N) is 3. The highest BCUT2D eigenvalue weighted by atomic mass is 32.2. The quantitative estimate of drug-likeness (QED) is 0.563. The van der Waals surface area contributed by atoms with Gasteiger partial charge in [0.2, 0.25) is 11.7 Å². The Balaban J connectivity index is 1.90. The summed E-state index contributed by atoms with van der Waals surface area (Å²) in [6, 6.07) is 9.21. The first-order valence-electron chi connectivity index (χ1n) is 6.03. The Morgan fingerprint density at radius 1 is 1.20 bits per heavy atom.